The molecule has 0 amide bonds. The molecule has 0 aliphatic rings. The van der Waals surface area contributed by atoms with Gasteiger partial charge >= 0.3 is 12.1 Å². The molecular weight excluding hydrogens is 299 g/mol. The summed E-state index contributed by atoms with van der Waals surface area (Å²) < 4.78 is 62.0. The van der Waals surface area contributed by atoms with Crippen molar-refractivity contribution in [1.82, 2.24) is 4.98 Å². The lowest BCUT2D eigenvalue weighted by Gasteiger charge is -2.16. The van der Waals surface area contributed by atoms with Crippen molar-refractivity contribution < 1.29 is 31.9 Å². The number of alkyl halides is 5. The highest BCUT2D eigenvalue weighted by molar-refractivity contribution is 7.09. The van der Waals surface area contributed by atoms with Gasteiger partial charge in [0.15, 0.2) is 5.01 Å². The first kappa shape index (κ1) is 15.5. The zero-order chi connectivity index (χ0) is 14.8. The molecule has 1 heterocycles. The third-order valence-electron chi connectivity index (χ3n) is 1.94. The third-order valence-corrected chi connectivity index (χ3v) is 2.90. The van der Waals surface area contributed by atoms with Crippen LogP contribution in [0.15, 0.2) is 5.38 Å². The van der Waals surface area contributed by atoms with Gasteiger partial charge in [-0.3, -0.25) is 0 Å². The van der Waals surface area contributed by atoms with Crippen LogP contribution in [0.3, 0.4) is 0 Å². The van der Waals surface area contributed by atoms with Crippen molar-refractivity contribution in [3.8, 4) is 0 Å². The second-order valence-corrected chi connectivity index (χ2v) is 4.42. The van der Waals surface area contributed by atoms with Crippen LogP contribution in [0.4, 0.5) is 22.0 Å². The van der Waals surface area contributed by atoms with Gasteiger partial charge in [-0.15, -0.1) is 21.5 Å². The smallest absolute Gasteiger partial charge is 0.310 e. The molecule has 0 spiro atoms. The zero-order valence-corrected chi connectivity index (χ0v) is 10.1. The fourth-order valence-electron chi connectivity index (χ4n) is 1.14. The summed E-state index contributed by atoms with van der Waals surface area (Å²) >= 11 is 0.138. The van der Waals surface area contributed by atoms with Crippen LogP contribution in [0.2, 0.25) is 0 Å². The fraction of sp³-hybridized carbons (Fsp3) is 0.625. The van der Waals surface area contributed by atoms with Crippen molar-refractivity contribution in [1.29, 1.82) is 0 Å². The SMILES string of the molecule is CC(Cc1csc(C(F)(F)C(F)(F)F)n1)O[N+](=O)[O-]. The van der Waals surface area contributed by atoms with Crippen molar-refractivity contribution in [2.24, 2.45) is 0 Å². The number of halogens is 5. The lowest BCUT2D eigenvalue weighted by molar-refractivity contribution is -0.767. The monoisotopic (exact) mass is 306 g/mol. The molecule has 108 valence electrons. The summed E-state index contributed by atoms with van der Waals surface area (Å²) in [6.07, 6.45) is -6.97. The van der Waals surface area contributed by atoms with Gasteiger partial charge < -0.3 is 4.84 Å². The van der Waals surface area contributed by atoms with Gasteiger partial charge in [0.2, 0.25) is 0 Å². The topological polar surface area (TPSA) is 65.3 Å². The van der Waals surface area contributed by atoms with Gasteiger partial charge in [-0.05, 0) is 6.92 Å². The fourth-order valence-corrected chi connectivity index (χ4v) is 1.98. The minimum Gasteiger partial charge on any atom is -0.310 e. The number of aromatic nitrogens is 1. The van der Waals surface area contributed by atoms with Crippen molar-refractivity contribution in [2.75, 3.05) is 0 Å². The molecule has 0 radical (unpaired) electrons. The van der Waals surface area contributed by atoms with E-state index in [2.05, 4.69) is 9.82 Å². The Labute approximate surface area is 107 Å². The Balaban J connectivity index is 2.80. The van der Waals surface area contributed by atoms with Crippen molar-refractivity contribution in [2.45, 2.75) is 31.5 Å². The minimum absolute atomic E-state index is 0.127. The molecule has 5 nitrogen and oxygen atoms in total. The molecule has 0 saturated heterocycles. The van der Waals surface area contributed by atoms with E-state index < -0.39 is 28.3 Å². The van der Waals surface area contributed by atoms with Crippen LogP contribution in [-0.4, -0.2) is 22.4 Å². The summed E-state index contributed by atoms with van der Waals surface area (Å²) in [6, 6.07) is 0. The molecule has 0 fully saturated rings. The van der Waals surface area contributed by atoms with Crippen LogP contribution >= 0.6 is 11.3 Å². The average Bonchev–Trinajstić information content (AvgIpc) is 2.63. The molecule has 0 aromatic carbocycles. The number of rotatable bonds is 5. The Morgan fingerprint density at radius 3 is 2.53 bits per heavy atom. The first-order chi connectivity index (χ1) is 8.54. The molecule has 11 heteroatoms. The lowest BCUT2D eigenvalue weighted by atomic mass is 10.2. The Hall–Kier alpha value is -1.52. The van der Waals surface area contributed by atoms with Crippen LogP contribution in [0.25, 0.3) is 0 Å². The maximum absolute atomic E-state index is 12.9. The molecular formula is C8H7F5N2O3S. The van der Waals surface area contributed by atoms with E-state index in [1.165, 1.54) is 6.92 Å². The molecule has 19 heavy (non-hydrogen) atoms. The molecule has 0 N–H and O–H groups in total. The highest BCUT2D eigenvalue weighted by Gasteiger charge is 2.60. The molecule has 1 atom stereocenters. The van der Waals surface area contributed by atoms with E-state index in [4.69, 9.17) is 0 Å². The normalized spacial score (nSPS) is 14.2. The summed E-state index contributed by atoms with van der Waals surface area (Å²) in [5.41, 5.74) is -0.127. The minimum atomic E-state index is -5.73. The molecule has 0 aliphatic heterocycles. The van der Waals surface area contributed by atoms with E-state index in [1.807, 2.05) is 0 Å². The van der Waals surface area contributed by atoms with Crippen LogP contribution in [0, 0.1) is 10.1 Å². The second kappa shape index (κ2) is 5.23. The van der Waals surface area contributed by atoms with Crippen LogP contribution in [-0.2, 0) is 17.2 Å². The van der Waals surface area contributed by atoms with Crippen LogP contribution in [0.5, 0.6) is 0 Å². The molecule has 1 unspecified atom stereocenters. The first-order valence-corrected chi connectivity index (χ1v) is 5.62. The maximum atomic E-state index is 12.9. The van der Waals surface area contributed by atoms with E-state index >= 15 is 0 Å². The number of hydrogen-bond donors (Lipinski definition) is 0. The van der Waals surface area contributed by atoms with Gasteiger partial charge in [0.1, 0.15) is 6.10 Å². The lowest BCUT2D eigenvalue weighted by Crippen LogP contribution is -2.33. The molecule has 0 bridgehead atoms. The van der Waals surface area contributed by atoms with Crippen molar-refractivity contribution in [3.63, 3.8) is 0 Å². The third kappa shape index (κ3) is 3.72. The van der Waals surface area contributed by atoms with Gasteiger partial charge in [-0.2, -0.15) is 22.0 Å². The van der Waals surface area contributed by atoms with Crippen molar-refractivity contribution in [3.05, 3.63) is 26.2 Å². The van der Waals surface area contributed by atoms with Gasteiger partial charge in [0.05, 0.1) is 5.69 Å². The zero-order valence-electron chi connectivity index (χ0n) is 9.28. The highest BCUT2D eigenvalue weighted by Crippen LogP contribution is 2.44. The van der Waals surface area contributed by atoms with E-state index in [0.717, 1.165) is 5.38 Å². The summed E-state index contributed by atoms with van der Waals surface area (Å²) in [5, 5.41) is 8.49. The Morgan fingerprint density at radius 1 is 1.47 bits per heavy atom. The summed E-state index contributed by atoms with van der Waals surface area (Å²) in [6.45, 7) is 1.27. The first-order valence-electron chi connectivity index (χ1n) is 4.74. The Kier molecular flexibility index (Phi) is 4.28. The predicted octanol–water partition coefficient (Wildman–Crippen LogP) is 2.94. The van der Waals surface area contributed by atoms with E-state index in [0.29, 0.717) is 0 Å². The highest BCUT2D eigenvalue weighted by atomic mass is 32.1. The van der Waals surface area contributed by atoms with Crippen LogP contribution < -0.4 is 0 Å². The van der Waals surface area contributed by atoms with Crippen LogP contribution in [0.1, 0.15) is 17.6 Å². The molecule has 0 aliphatic carbocycles. The second-order valence-electron chi connectivity index (χ2n) is 3.56. The molecule has 1 aromatic heterocycles. The van der Waals surface area contributed by atoms with Gasteiger partial charge in [-0.25, -0.2) is 4.98 Å². The van der Waals surface area contributed by atoms with E-state index in [1.54, 1.807) is 0 Å². The Bertz CT molecular complexity index is 461. The van der Waals surface area contributed by atoms with E-state index in [-0.39, 0.29) is 23.5 Å². The molecule has 1 aromatic rings. The summed E-state index contributed by atoms with van der Waals surface area (Å²) in [5.74, 6) is -5.04. The van der Waals surface area contributed by atoms with E-state index in [9.17, 15) is 32.1 Å². The number of thiazole rings is 1. The van der Waals surface area contributed by atoms with Gasteiger partial charge in [0.25, 0.3) is 5.09 Å². The molecule has 1 rings (SSSR count). The predicted molar refractivity (Wildman–Crippen MR) is 53.3 cm³/mol. The van der Waals surface area contributed by atoms with Gasteiger partial charge in [-0.1, -0.05) is 0 Å². The molecule has 0 saturated carbocycles. The average molecular weight is 306 g/mol. The quantitative estimate of drug-likeness (QED) is 0.476. The van der Waals surface area contributed by atoms with Crippen molar-refractivity contribution >= 4 is 11.3 Å². The van der Waals surface area contributed by atoms with Gasteiger partial charge in [0, 0.05) is 11.8 Å². The summed E-state index contributed by atoms with van der Waals surface area (Å²) in [7, 11) is 0. The number of nitrogens with zero attached hydrogens (tertiary/aromatic N) is 2. The maximum Gasteiger partial charge on any atom is 0.460 e. The number of hydrogen-bond acceptors (Lipinski definition) is 5. The largest absolute Gasteiger partial charge is 0.460 e. The summed E-state index contributed by atoms with van der Waals surface area (Å²) in [4.78, 5) is 17.2. The standard InChI is InChI=1S/C8H7F5N2O3S/c1-4(18-15(16)17)2-5-3-19-6(14-5)7(9,10)8(11,12)13/h3-4H,2H2,1H3. The Morgan fingerprint density at radius 2 is 2.05 bits per heavy atom.